The first-order valence-corrected chi connectivity index (χ1v) is 46.3. The maximum Gasteiger partial charge on any atom is 0.0542 e. The molecule has 584 valence electrons. The number of benzene rings is 16. The first-order valence-electron chi connectivity index (χ1n) is 44.7. The normalized spacial score (nSPS) is 22.2. The van der Waals surface area contributed by atoms with E-state index in [-0.39, 0.29) is 10.8 Å². The summed E-state index contributed by atoms with van der Waals surface area (Å²) in [4.78, 5) is 4.91. The molecule has 0 amide bonds. The lowest BCUT2D eigenvalue weighted by Gasteiger charge is -2.61. The van der Waals surface area contributed by atoms with Crippen LogP contribution in [0.3, 0.4) is 0 Å². The Morgan fingerprint density at radius 2 is 0.541 bits per heavy atom. The van der Waals surface area contributed by atoms with Gasteiger partial charge < -0.3 is 18.9 Å². The van der Waals surface area contributed by atoms with E-state index in [0.29, 0.717) is 0 Å². The zero-order chi connectivity index (χ0) is 79.6. The number of rotatable bonds is 10. The van der Waals surface area contributed by atoms with Crippen LogP contribution in [0.15, 0.2) is 364 Å². The average molecular weight is 1600 g/mol. The lowest BCUT2D eigenvalue weighted by Crippen LogP contribution is -2.55. The molecule has 0 atom stereocenters. The molecule has 4 aromatic heterocycles. The monoisotopic (exact) mass is 1600 g/mol. The summed E-state index contributed by atoms with van der Waals surface area (Å²) >= 11 is 3.76. The zero-order valence-corrected chi connectivity index (χ0v) is 69.6. The highest BCUT2D eigenvalue weighted by Crippen LogP contribution is 2.72. The summed E-state index contributed by atoms with van der Waals surface area (Å²) in [5, 5.41) is 10.3. The van der Waals surface area contributed by atoms with Gasteiger partial charge in [-0.1, -0.05) is 231 Å². The van der Waals surface area contributed by atoms with Crippen molar-refractivity contribution in [2.24, 2.45) is 47.3 Å². The van der Waals surface area contributed by atoms with Crippen LogP contribution in [-0.4, -0.2) is 9.13 Å². The van der Waals surface area contributed by atoms with Crippen molar-refractivity contribution in [3.63, 3.8) is 0 Å². The van der Waals surface area contributed by atoms with E-state index in [2.05, 4.69) is 383 Å². The van der Waals surface area contributed by atoms with E-state index in [9.17, 15) is 0 Å². The molecule has 0 unspecified atom stereocenters. The van der Waals surface area contributed by atoms with Crippen LogP contribution >= 0.6 is 22.7 Å². The molecule has 10 aliphatic carbocycles. The topological polar surface area (TPSA) is 16.3 Å². The Morgan fingerprint density at radius 3 is 1.00 bits per heavy atom. The molecule has 8 fully saturated rings. The van der Waals surface area contributed by atoms with Crippen LogP contribution in [0.25, 0.3) is 140 Å². The minimum absolute atomic E-state index is 0.166. The molecular formula is C116H88N4S2. The summed E-state index contributed by atoms with van der Waals surface area (Å²) in [6.07, 6.45) is 14.2. The summed E-state index contributed by atoms with van der Waals surface area (Å²) in [6, 6.07) is 138. The van der Waals surface area contributed by atoms with Gasteiger partial charge in [0.05, 0.1) is 22.1 Å². The first kappa shape index (κ1) is 69.9. The molecule has 8 saturated carbocycles. The molecule has 4 heterocycles. The van der Waals surface area contributed by atoms with E-state index in [1.807, 2.05) is 22.7 Å². The van der Waals surface area contributed by atoms with Gasteiger partial charge in [0.15, 0.2) is 0 Å². The van der Waals surface area contributed by atoms with Gasteiger partial charge in [0.1, 0.15) is 0 Å². The van der Waals surface area contributed by atoms with Crippen LogP contribution in [0.4, 0.5) is 34.1 Å². The molecular weight excluding hydrogens is 1510 g/mol. The Balaban J connectivity index is 0.000000128. The minimum atomic E-state index is 0.166. The SMILES string of the molecule is c1ccc(-n2c3ccccc3c3cc(N(c4ccc(-c5cccc6c5-c5ccccc5C65C6CC7CC(C6)CC5C7)cc4)c4ccc5c(c4)sc4ccccc45)ccc32)cc1.c1ccc2c(c1)-c1c(-c3ccc(N(c4ccc(-n5c6ccccc6c6ccccc65)cc4)c4ccc5c(c4)sc4ccccc45)cc3)cccc1C21C2CC3CC(C2)CC1C3. The smallest absolute Gasteiger partial charge is 0.0542 e. The fourth-order valence-corrected chi connectivity index (χ4v) is 29.3. The van der Waals surface area contributed by atoms with Gasteiger partial charge in [-0.2, -0.15) is 0 Å². The predicted molar refractivity (Wildman–Crippen MR) is 514 cm³/mol. The summed E-state index contributed by atoms with van der Waals surface area (Å²) in [5.74, 6) is 6.79. The van der Waals surface area contributed by atoms with Gasteiger partial charge in [-0.25, -0.2) is 0 Å². The lowest BCUT2D eigenvalue weighted by atomic mass is 9.43. The second-order valence-electron chi connectivity index (χ2n) is 37.0. The number of hydrogen-bond donors (Lipinski definition) is 0. The second kappa shape index (κ2) is 26.8. The summed E-state index contributed by atoms with van der Waals surface area (Å²) < 4.78 is 10.1. The summed E-state index contributed by atoms with van der Waals surface area (Å²) in [6.45, 7) is 0. The van der Waals surface area contributed by atoms with Crippen molar-refractivity contribution >= 4 is 141 Å². The molecule has 4 nitrogen and oxygen atoms in total. The van der Waals surface area contributed by atoms with Crippen LogP contribution in [0, 0.1) is 47.3 Å². The Morgan fingerprint density at radius 1 is 0.221 bits per heavy atom. The number of fused-ring (bicyclic) bond motifs is 18. The lowest BCUT2D eigenvalue weighted by molar-refractivity contribution is -0.0399. The average Bonchev–Trinajstić information content (AvgIpc) is 1.50. The number of anilines is 6. The van der Waals surface area contributed by atoms with Gasteiger partial charge in [-0.15, -0.1) is 22.7 Å². The van der Waals surface area contributed by atoms with Crippen LogP contribution in [0.1, 0.15) is 86.5 Å². The van der Waals surface area contributed by atoms with E-state index in [1.54, 1.807) is 22.3 Å². The largest absolute Gasteiger partial charge is 0.310 e. The van der Waals surface area contributed by atoms with Crippen molar-refractivity contribution in [3.05, 3.63) is 386 Å². The Kier molecular flexibility index (Phi) is 15.4. The predicted octanol–water partition coefficient (Wildman–Crippen LogP) is 32.0. The highest BCUT2D eigenvalue weighted by molar-refractivity contribution is 7.26. The first-order chi connectivity index (χ1) is 60.4. The van der Waals surface area contributed by atoms with Gasteiger partial charge in [0.2, 0.25) is 0 Å². The molecule has 20 aromatic rings. The third kappa shape index (κ3) is 10.1. The molecule has 122 heavy (non-hydrogen) atoms. The Labute approximate surface area is 718 Å². The van der Waals surface area contributed by atoms with Crippen molar-refractivity contribution in [2.75, 3.05) is 9.80 Å². The van der Waals surface area contributed by atoms with E-state index in [1.165, 1.54) is 198 Å². The van der Waals surface area contributed by atoms with Crippen LogP contribution in [-0.2, 0) is 10.8 Å². The van der Waals surface area contributed by atoms with Crippen LogP contribution in [0.2, 0.25) is 0 Å². The minimum Gasteiger partial charge on any atom is -0.310 e. The third-order valence-electron chi connectivity index (χ3n) is 31.1. The van der Waals surface area contributed by atoms with E-state index >= 15 is 0 Å². The van der Waals surface area contributed by atoms with E-state index in [4.69, 9.17) is 0 Å². The summed E-state index contributed by atoms with van der Waals surface area (Å²) in [7, 11) is 0. The number of aromatic nitrogens is 2. The third-order valence-corrected chi connectivity index (χ3v) is 33.4. The van der Waals surface area contributed by atoms with Crippen LogP contribution < -0.4 is 9.80 Å². The number of hydrogen-bond acceptors (Lipinski definition) is 4. The van der Waals surface area contributed by atoms with Gasteiger partial charge in [0.25, 0.3) is 0 Å². The van der Waals surface area contributed by atoms with Crippen molar-refractivity contribution < 1.29 is 0 Å². The van der Waals surface area contributed by atoms with Gasteiger partial charge in [0, 0.05) is 118 Å². The molecule has 0 aliphatic heterocycles. The maximum atomic E-state index is 2.52. The van der Waals surface area contributed by atoms with Gasteiger partial charge in [-0.3, -0.25) is 0 Å². The molecule has 6 heteroatoms. The fourth-order valence-electron chi connectivity index (χ4n) is 27.0. The van der Waals surface area contributed by atoms with E-state index < -0.39 is 0 Å². The standard InChI is InChI=1S/2C58H44N2S/c1-5-15-51-50(13-1)57-45(14-9-16-52(57)58(51)39-31-36-30-37(33-39)34-40(58)32-36)38-20-22-41(23-21-38)59(44-28-29-49-48-12-4-8-19-55(48)61-56(49)35-44)42-24-26-43(27-25-42)60-53-17-6-2-10-46(53)47-11-3-7-18-54(47)60;1-2-11-41(12-3-1)60-53-19-8-5-13-46(53)50-34-43(26-28-54(50)60)59(44-25-27-48-47-14-6-9-20-55(47)61-56(48)35-44)42-23-21-38(22-24-42)45-16-10-18-52-57(45)49-15-4-7-17-51(49)58(52)39-30-36-29-37(32-39)33-40(58)31-36/h1-29,35-37,39-40H,30-34H2;1-28,34-37,39-40H,29-33H2. The van der Waals surface area contributed by atoms with Crippen molar-refractivity contribution in [2.45, 2.75) is 75.0 Å². The van der Waals surface area contributed by atoms with Crippen molar-refractivity contribution in [1.82, 2.24) is 9.13 Å². The Bertz CT molecular complexity index is 7570. The molecule has 16 aromatic carbocycles. The number of thiophene rings is 2. The van der Waals surface area contributed by atoms with Gasteiger partial charge >= 0.3 is 0 Å². The molecule has 30 rings (SSSR count). The van der Waals surface area contributed by atoms with Gasteiger partial charge in [-0.05, 0) is 312 Å². The number of nitrogens with zero attached hydrogens (tertiary/aromatic N) is 4. The highest BCUT2D eigenvalue weighted by Gasteiger charge is 2.63. The van der Waals surface area contributed by atoms with Crippen molar-refractivity contribution in [1.29, 1.82) is 0 Å². The highest BCUT2D eigenvalue weighted by atomic mass is 32.1. The molecule has 0 N–H and O–H groups in total. The zero-order valence-electron chi connectivity index (χ0n) is 67.9. The molecule has 10 aliphatic rings. The Hall–Kier alpha value is -12.8. The number of para-hydroxylation sites is 4. The molecule has 8 bridgehead atoms. The van der Waals surface area contributed by atoms with E-state index in [0.717, 1.165) is 87.2 Å². The molecule has 2 spiro atoms. The van der Waals surface area contributed by atoms with Crippen LogP contribution in [0.5, 0.6) is 0 Å². The fraction of sp³-hybridized carbons (Fsp3) is 0.172. The second-order valence-corrected chi connectivity index (χ2v) is 39.2. The molecule has 0 radical (unpaired) electrons. The summed E-state index contributed by atoms with van der Waals surface area (Å²) in [5.41, 5.74) is 32.2. The van der Waals surface area contributed by atoms with Crippen molar-refractivity contribution in [3.8, 4) is 55.9 Å². The molecule has 0 saturated heterocycles. The maximum absolute atomic E-state index is 2.52. The quantitative estimate of drug-likeness (QED) is 0.136.